The molecule has 1 saturated carbocycles. The molecule has 1 unspecified atom stereocenters. The Hall–Kier alpha value is -3.60. The van der Waals surface area contributed by atoms with E-state index in [0.29, 0.717) is 24.0 Å². The van der Waals surface area contributed by atoms with Gasteiger partial charge in [-0.25, -0.2) is 8.78 Å². The molecular formula is C29H35F3N4O4. The molecule has 4 rings (SSSR count). The lowest BCUT2D eigenvalue weighted by Gasteiger charge is -2.30. The molecule has 1 heterocycles. The Morgan fingerprint density at radius 3 is 2.40 bits per heavy atom. The van der Waals surface area contributed by atoms with Crippen molar-refractivity contribution in [2.45, 2.75) is 57.2 Å². The number of amides is 3. The largest absolute Gasteiger partial charge is 0.489 e. The number of carbonyl (C=O) groups excluding carboxylic acids is 3. The van der Waals surface area contributed by atoms with E-state index in [4.69, 9.17) is 4.74 Å². The second-order valence-corrected chi connectivity index (χ2v) is 10.4. The summed E-state index contributed by atoms with van der Waals surface area (Å²) in [4.78, 5) is 41.0. The number of nitrogens with zero attached hydrogens (tertiary/aromatic N) is 1. The summed E-state index contributed by atoms with van der Waals surface area (Å²) < 4.78 is 47.6. The summed E-state index contributed by atoms with van der Waals surface area (Å²) in [7, 11) is 1.53. The van der Waals surface area contributed by atoms with E-state index in [2.05, 4.69) is 16.0 Å². The van der Waals surface area contributed by atoms with Gasteiger partial charge in [0.1, 0.15) is 24.5 Å². The van der Waals surface area contributed by atoms with Crippen LogP contribution < -0.4 is 20.7 Å². The van der Waals surface area contributed by atoms with Crippen LogP contribution >= 0.6 is 0 Å². The van der Waals surface area contributed by atoms with E-state index < -0.39 is 47.4 Å². The Labute approximate surface area is 231 Å². The van der Waals surface area contributed by atoms with Crippen molar-refractivity contribution in [2.75, 3.05) is 26.7 Å². The molecule has 0 spiro atoms. The first kappa shape index (κ1) is 29.4. The van der Waals surface area contributed by atoms with Gasteiger partial charge in [-0.1, -0.05) is 18.2 Å². The van der Waals surface area contributed by atoms with Crippen LogP contribution in [0.15, 0.2) is 36.4 Å². The smallest absolute Gasteiger partial charge is 0.243 e. The predicted molar refractivity (Wildman–Crippen MR) is 142 cm³/mol. The molecule has 3 N–H and O–H groups in total. The zero-order chi connectivity index (χ0) is 28.8. The number of fused-ring (bicyclic) bond motifs is 1. The Morgan fingerprint density at radius 1 is 0.975 bits per heavy atom. The summed E-state index contributed by atoms with van der Waals surface area (Å²) in [6.45, 7) is 2.00. The Kier molecular flexibility index (Phi) is 9.67. The number of benzene rings is 2. The number of hydrogen-bond donors (Lipinski definition) is 3. The molecule has 3 amide bonds. The molecule has 1 fully saturated rings. The van der Waals surface area contributed by atoms with E-state index in [1.165, 1.54) is 42.3 Å². The number of aryl methyl sites for hydroxylation is 1. The topological polar surface area (TPSA) is 99.8 Å². The molecular weight excluding hydrogens is 525 g/mol. The van der Waals surface area contributed by atoms with Crippen molar-refractivity contribution in [1.29, 1.82) is 0 Å². The first-order valence-corrected chi connectivity index (χ1v) is 13.6. The minimum Gasteiger partial charge on any atom is -0.489 e. The molecule has 40 heavy (non-hydrogen) atoms. The number of likely N-dealkylation sites (N-methyl/N-ethyl adjacent to an activating group) is 1. The Morgan fingerprint density at radius 2 is 1.70 bits per heavy atom. The quantitative estimate of drug-likeness (QED) is 0.536. The monoisotopic (exact) mass is 560 g/mol. The lowest BCUT2D eigenvalue weighted by atomic mass is 10.0. The van der Waals surface area contributed by atoms with E-state index in [1.54, 1.807) is 6.92 Å². The molecule has 0 saturated heterocycles. The van der Waals surface area contributed by atoms with Crippen LogP contribution in [-0.2, 0) is 27.2 Å². The summed E-state index contributed by atoms with van der Waals surface area (Å²) in [5, 5.41) is 8.70. The first-order valence-electron chi connectivity index (χ1n) is 13.6. The van der Waals surface area contributed by atoms with Gasteiger partial charge in [-0.15, -0.1) is 0 Å². The Bertz CT molecular complexity index is 1220. The molecule has 8 nitrogen and oxygen atoms in total. The maximum absolute atomic E-state index is 14.6. The van der Waals surface area contributed by atoms with Crippen molar-refractivity contribution in [3.63, 3.8) is 0 Å². The third-order valence-electron chi connectivity index (χ3n) is 7.42. The normalized spacial score (nSPS) is 23.8. The summed E-state index contributed by atoms with van der Waals surface area (Å²) in [6, 6.07) is 5.68. The molecule has 3 atom stereocenters. The summed E-state index contributed by atoms with van der Waals surface area (Å²) in [5.41, 5.74) is 1.09. The van der Waals surface area contributed by atoms with E-state index in [-0.39, 0.29) is 43.7 Å². The number of rotatable bonds is 3. The zero-order valence-electron chi connectivity index (χ0n) is 22.6. The standard InChI is InChI=1S/C29H35F3N4O4/c1-17-27(37)35-23(16-18-5-10-21(30)11-6-18)28(38)34-13-3-4-20-9-12-22(31)24(32)26(20)40-15-14-33-25(19-7-8-19)29(39)36(17)2/h5-6,9-12,17,19,23,25,33H,3-4,7-8,13-16H2,1-2H3,(H,34,38)(H,35,37)/t17-,23?,25+/m1/s1. The minimum atomic E-state index is -1.08. The van der Waals surface area contributed by atoms with Gasteiger partial charge in [0.05, 0.1) is 6.04 Å². The van der Waals surface area contributed by atoms with Gasteiger partial charge in [0, 0.05) is 26.6 Å². The van der Waals surface area contributed by atoms with E-state index in [9.17, 15) is 27.6 Å². The van der Waals surface area contributed by atoms with Crippen LogP contribution in [0.2, 0.25) is 0 Å². The molecule has 0 radical (unpaired) electrons. The molecule has 2 aliphatic rings. The fraction of sp³-hybridized carbons (Fsp3) is 0.483. The second-order valence-electron chi connectivity index (χ2n) is 10.4. The van der Waals surface area contributed by atoms with Gasteiger partial charge < -0.3 is 25.6 Å². The summed E-state index contributed by atoms with van der Waals surface area (Å²) >= 11 is 0. The van der Waals surface area contributed by atoms with Crippen molar-refractivity contribution in [3.05, 3.63) is 65.0 Å². The lowest BCUT2D eigenvalue weighted by Crippen LogP contribution is -2.56. The number of halogens is 3. The highest BCUT2D eigenvalue weighted by atomic mass is 19.2. The van der Waals surface area contributed by atoms with E-state index >= 15 is 0 Å². The van der Waals surface area contributed by atoms with Crippen molar-refractivity contribution in [3.8, 4) is 5.75 Å². The van der Waals surface area contributed by atoms with Gasteiger partial charge in [-0.05, 0) is 67.9 Å². The number of nitrogens with one attached hydrogen (secondary N) is 3. The minimum absolute atomic E-state index is 0.00539. The zero-order valence-corrected chi connectivity index (χ0v) is 22.6. The van der Waals surface area contributed by atoms with Crippen LogP contribution in [0.4, 0.5) is 13.2 Å². The SMILES string of the molecule is C[C@@H]1C(=O)NC(Cc2ccc(F)cc2)C(=O)NCCCc2ccc(F)c(F)c2OCCN[C@@H](C2CC2)C(=O)N1C. The van der Waals surface area contributed by atoms with Gasteiger partial charge in [0.25, 0.3) is 0 Å². The first-order chi connectivity index (χ1) is 19.2. The highest BCUT2D eigenvalue weighted by molar-refractivity contribution is 5.93. The number of carbonyl (C=O) groups is 3. The number of ether oxygens (including phenoxy) is 1. The average molecular weight is 561 g/mol. The van der Waals surface area contributed by atoms with Crippen molar-refractivity contribution in [2.24, 2.45) is 5.92 Å². The fourth-order valence-electron chi connectivity index (χ4n) is 4.74. The average Bonchev–Trinajstić information content (AvgIpc) is 3.78. The number of hydrogen-bond acceptors (Lipinski definition) is 5. The molecule has 216 valence electrons. The van der Waals surface area contributed by atoms with Crippen molar-refractivity contribution >= 4 is 17.7 Å². The van der Waals surface area contributed by atoms with Crippen molar-refractivity contribution < 1.29 is 32.3 Å². The highest BCUT2D eigenvalue weighted by Gasteiger charge is 2.39. The van der Waals surface area contributed by atoms with Crippen LogP contribution in [0.5, 0.6) is 5.75 Å². The second kappa shape index (κ2) is 13.2. The van der Waals surface area contributed by atoms with Crippen LogP contribution in [0, 0.1) is 23.4 Å². The van der Waals surface area contributed by atoms with Crippen LogP contribution in [-0.4, -0.2) is 67.5 Å². The molecule has 1 aliphatic heterocycles. The highest BCUT2D eigenvalue weighted by Crippen LogP contribution is 2.33. The third-order valence-corrected chi connectivity index (χ3v) is 7.42. The molecule has 0 aromatic heterocycles. The maximum Gasteiger partial charge on any atom is 0.243 e. The lowest BCUT2D eigenvalue weighted by molar-refractivity contribution is -0.141. The summed E-state index contributed by atoms with van der Waals surface area (Å²) in [5.74, 6) is -3.86. The van der Waals surface area contributed by atoms with Gasteiger partial charge in [-0.3, -0.25) is 14.4 Å². The van der Waals surface area contributed by atoms with Crippen LogP contribution in [0.3, 0.4) is 0 Å². The van der Waals surface area contributed by atoms with Gasteiger partial charge in [0.2, 0.25) is 23.5 Å². The van der Waals surface area contributed by atoms with Crippen molar-refractivity contribution in [1.82, 2.24) is 20.9 Å². The maximum atomic E-state index is 14.6. The van der Waals surface area contributed by atoms with Gasteiger partial charge in [0.15, 0.2) is 11.6 Å². The fourth-order valence-corrected chi connectivity index (χ4v) is 4.74. The predicted octanol–water partition coefficient (Wildman–Crippen LogP) is 2.49. The van der Waals surface area contributed by atoms with E-state index in [0.717, 1.165) is 18.9 Å². The van der Waals surface area contributed by atoms with Crippen LogP contribution in [0.1, 0.15) is 37.3 Å². The molecule has 0 bridgehead atoms. The molecule has 2 aromatic rings. The Balaban J connectivity index is 1.57. The molecule has 1 aliphatic carbocycles. The van der Waals surface area contributed by atoms with Gasteiger partial charge in [-0.2, -0.15) is 4.39 Å². The molecule has 2 aromatic carbocycles. The van der Waals surface area contributed by atoms with Gasteiger partial charge >= 0.3 is 0 Å². The van der Waals surface area contributed by atoms with Crippen LogP contribution in [0.25, 0.3) is 0 Å². The molecule has 11 heteroatoms. The summed E-state index contributed by atoms with van der Waals surface area (Å²) in [6.07, 6.45) is 2.51. The van der Waals surface area contributed by atoms with E-state index in [1.807, 2.05) is 0 Å². The third kappa shape index (κ3) is 7.32.